The monoisotopic (exact) mass is 373 g/mol. The van der Waals surface area contributed by atoms with Crippen molar-refractivity contribution >= 4 is 5.69 Å². The Balaban J connectivity index is 1.79. The average molecular weight is 373 g/mol. The van der Waals surface area contributed by atoms with E-state index in [-0.39, 0.29) is 0 Å². The van der Waals surface area contributed by atoms with Crippen LogP contribution in [0.3, 0.4) is 0 Å². The highest BCUT2D eigenvalue weighted by molar-refractivity contribution is 5.52. The van der Waals surface area contributed by atoms with E-state index in [0.29, 0.717) is 13.2 Å². The molecule has 3 rings (SSSR count). The molecule has 3 aromatic rings. The summed E-state index contributed by atoms with van der Waals surface area (Å²) in [6, 6.07) is 22.7. The molecule has 0 aromatic heterocycles. The van der Waals surface area contributed by atoms with Crippen LogP contribution in [0.25, 0.3) is 0 Å². The third-order valence-corrected chi connectivity index (χ3v) is 4.55. The van der Waals surface area contributed by atoms with E-state index < -0.39 is 0 Å². The Labute approximate surface area is 167 Å². The molecule has 0 saturated carbocycles. The number of rotatable bonds is 9. The number of aryl methyl sites for hydroxylation is 1. The Morgan fingerprint density at radius 2 is 1.71 bits per heavy atom. The van der Waals surface area contributed by atoms with Gasteiger partial charge in [-0.15, -0.1) is 6.58 Å². The van der Waals surface area contributed by atoms with Crippen molar-refractivity contribution in [2.75, 3.05) is 12.4 Å². The molecule has 0 aliphatic rings. The van der Waals surface area contributed by atoms with Crippen LogP contribution in [0.5, 0.6) is 11.5 Å². The Morgan fingerprint density at radius 1 is 0.964 bits per heavy atom. The van der Waals surface area contributed by atoms with Gasteiger partial charge in [-0.3, -0.25) is 0 Å². The maximum Gasteiger partial charge on any atom is 0.165 e. The van der Waals surface area contributed by atoms with Gasteiger partial charge >= 0.3 is 0 Å². The fourth-order valence-corrected chi connectivity index (χ4v) is 3.05. The average Bonchev–Trinajstić information content (AvgIpc) is 2.73. The van der Waals surface area contributed by atoms with E-state index in [2.05, 4.69) is 61.3 Å². The molecule has 1 N–H and O–H groups in total. The van der Waals surface area contributed by atoms with Crippen molar-refractivity contribution in [3.05, 3.63) is 102 Å². The molecule has 3 nitrogen and oxygen atoms in total. The van der Waals surface area contributed by atoms with E-state index in [1.807, 2.05) is 30.3 Å². The van der Waals surface area contributed by atoms with E-state index in [9.17, 15) is 0 Å². The first kappa shape index (κ1) is 19.6. The molecule has 0 atom stereocenters. The third-order valence-electron chi connectivity index (χ3n) is 4.55. The van der Waals surface area contributed by atoms with Crippen LogP contribution in [0.4, 0.5) is 5.69 Å². The lowest BCUT2D eigenvalue weighted by Crippen LogP contribution is -2.05. The summed E-state index contributed by atoms with van der Waals surface area (Å²) in [7, 11) is 1.68. The van der Waals surface area contributed by atoms with Crippen molar-refractivity contribution in [1.29, 1.82) is 0 Å². The minimum Gasteiger partial charge on any atom is -0.493 e. The fraction of sp³-hybridized carbons (Fsp3) is 0.200. The molecule has 0 amide bonds. The smallest absolute Gasteiger partial charge is 0.165 e. The first-order valence-corrected chi connectivity index (χ1v) is 9.47. The van der Waals surface area contributed by atoms with Gasteiger partial charge in [-0.2, -0.15) is 0 Å². The van der Waals surface area contributed by atoms with Gasteiger partial charge in [0.25, 0.3) is 0 Å². The molecule has 144 valence electrons. The summed E-state index contributed by atoms with van der Waals surface area (Å²) in [4.78, 5) is 0. The summed E-state index contributed by atoms with van der Waals surface area (Å²) in [6.07, 6.45) is 2.61. The molecule has 0 saturated heterocycles. The zero-order chi connectivity index (χ0) is 19.8. The highest BCUT2D eigenvalue weighted by Crippen LogP contribution is 2.34. The Kier molecular flexibility index (Phi) is 6.74. The molecular weight excluding hydrogens is 346 g/mol. The topological polar surface area (TPSA) is 30.5 Å². The Hall–Kier alpha value is -3.20. The lowest BCUT2D eigenvalue weighted by Gasteiger charge is -2.17. The molecule has 0 aliphatic carbocycles. The zero-order valence-corrected chi connectivity index (χ0v) is 16.6. The highest BCUT2D eigenvalue weighted by Gasteiger charge is 2.13. The number of nitrogens with one attached hydrogen (secondary N) is 1. The molecule has 0 spiro atoms. The number of ether oxygens (including phenoxy) is 2. The van der Waals surface area contributed by atoms with Crippen molar-refractivity contribution in [2.24, 2.45) is 0 Å². The fourth-order valence-electron chi connectivity index (χ4n) is 3.05. The second-order valence-corrected chi connectivity index (χ2v) is 6.77. The maximum atomic E-state index is 6.16. The van der Waals surface area contributed by atoms with Crippen molar-refractivity contribution in [3.63, 3.8) is 0 Å². The molecule has 0 radical (unpaired) electrons. The number of hydrogen-bond acceptors (Lipinski definition) is 3. The lowest BCUT2D eigenvalue weighted by atomic mass is 10.1. The first-order chi connectivity index (χ1) is 13.7. The van der Waals surface area contributed by atoms with Crippen LogP contribution < -0.4 is 14.8 Å². The summed E-state index contributed by atoms with van der Waals surface area (Å²) < 4.78 is 11.8. The van der Waals surface area contributed by atoms with Gasteiger partial charge in [0.15, 0.2) is 11.5 Å². The Morgan fingerprint density at radius 3 is 2.39 bits per heavy atom. The van der Waals surface area contributed by atoms with Gasteiger partial charge in [0.05, 0.1) is 7.11 Å². The molecule has 0 bridgehead atoms. The van der Waals surface area contributed by atoms with Crippen molar-refractivity contribution < 1.29 is 9.47 Å². The minimum absolute atomic E-state index is 0.502. The summed E-state index contributed by atoms with van der Waals surface area (Å²) in [5.41, 5.74) is 5.67. The third kappa shape index (κ3) is 5.17. The van der Waals surface area contributed by atoms with Crippen molar-refractivity contribution in [3.8, 4) is 11.5 Å². The van der Waals surface area contributed by atoms with Gasteiger partial charge in [-0.1, -0.05) is 54.1 Å². The highest BCUT2D eigenvalue weighted by atomic mass is 16.5. The second kappa shape index (κ2) is 9.65. The minimum atomic E-state index is 0.502. The summed E-state index contributed by atoms with van der Waals surface area (Å²) >= 11 is 0. The van der Waals surface area contributed by atoms with E-state index in [1.54, 1.807) is 7.11 Å². The summed E-state index contributed by atoms with van der Waals surface area (Å²) in [5, 5.41) is 3.44. The van der Waals surface area contributed by atoms with Gasteiger partial charge in [0.1, 0.15) is 6.61 Å². The molecule has 0 aliphatic heterocycles. The number of benzene rings is 3. The standard InChI is InChI=1S/C25H27NO2/c1-4-8-22-15-21(17-26-23-9-6-5-7-10-23)16-24(27-3)25(22)28-18-20-13-11-19(2)12-14-20/h4-7,9-16,26H,1,8,17-18H2,2-3H3. The summed E-state index contributed by atoms with van der Waals surface area (Å²) in [6.45, 7) is 7.19. The van der Waals surface area contributed by atoms with Crippen LogP contribution in [-0.4, -0.2) is 7.11 Å². The van der Waals surface area contributed by atoms with Gasteiger partial charge in [-0.25, -0.2) is 0 Å². The van der Waals surface area contributed by atoms with Crippen LogP contribution in [-0.2, 0) is 19.6 Å². The SMILES string of the molecule is C=CCc1cc(CNc2ccccc2)cc(OC)c1OCc1ccc(C)cc1. The van der Waals surface area contributed by atoms with E-state index in [0.717, 1.165) is 40.3 Å². The molecule has 0 fully saturated rings. The normalized spacial score (nSPS) is 10.4. The molecule has 0 heterocycles. The van der Waals surface area contributed by atoms with E-state index >= 15 is 0 Å². The van der Waals surface area contributed by atoms with Gasteiger partial charge in [0, 0.05) is 17.8 Å². The largest absolute Gasteiger partial charge is 0.493 e. The second-order valence-electron chi connectivity index (χ2n) is 6.77. The molecule has 3 heteroatoms. The maximum absolute atomic E-state index is 6.16. The van der Waals surface area contributed by atoms with Crippen LogP contribution in [0, 0.1) is 6.92 Å². The Bertz CT molecular complexity index is 902. The predicted octanol–water partition coefficient (Wildman–Crippen LogP) is 5.92. The van der Waals surface area contributed by atoms with E-state index in [1.165, 1.54) is 5.56 Å². The van der Waals surface area contributed by atoms with Gasteiger partial charge in [-0.05, 0) is 48.7 Å². The number of para-hydroxylation sites is 1. The van der Waals surface area contributed by atoms with Crippen LogP contribution in [0.15, 0.2) is 79.4 Å². The molecule has 0 unspecified atom stereocenters. The number of allylic oxidation sites excluding steroid dienone is 1. The molecule has 28 heavy (non-hydrogen) atoms. The van der Waals surface area contributed by atoms with Crippen molar-refractivity contribution in [2.45, 2.75) is 26.5 Å². The van der Waals surface area contributed by atoms with Crippen molar-refractivity contribution in [1.82, 2.24) is 0 Å². The number of anilines is 1. The van der Waals surface area contributed by atoms with Gasteiger partial charge < -0.3 is 14.8 Å². The zero-order valence-electron chi connectivity index (χ0n) is 16.6. The first-order valence-electron chi connectivity index (χ1n) is 9.47. The molecule has 3 aromatic carbocycles. The molecular formula is C25H27NO2. The van der Waals surface area contributed by atoms with Crippen LogP contribution >= 0.6 is 0 Å². The van der Waals surface area contributed by atoms with Crippen LogP contribution in [0.1, 0.15) is 22.3 Å². The lowest BCUT2D eigenvalue weighted by molar-refractivity contribution is 0.281. The van der Waals surface area contributed by atoms with Gasteiger partial charge in [0.2, 0.25) is 0 Å². The number of methoxy groups -OCH3 is 1. The quantitative estimate of drug-likeness (QED) is 0.472. The van der Waals surface area contributed by atoms with Crippen LogP contribution in [0.2, 0.25) is 0 Å². The number of hydrogen-bond donors (Lipinski definition) is 1. The predicted molar refractivity (Wildman–Crippen MR) is 116 cm³/mol. The van der Waals surface area contributed by atoms with E-state index in [4.69, 9.17) is 9.47 Å². The summed E-state index contributed by atoms with van der Waals surface area (Å²) in [5.74, 6) is 1.53.